The molecule has 2 N–H and O–H groups in total. The van der Waals surface area contributed by atoms with Crippen LogP contribution in [-0.4, -0.2) is 41.2 Å². The molecule has 1 saturated heterocycles. The molecule has 0 saturated carbocycles. The molecule has 4 nitrogen and oxygen atoms in total. The van der Waals surface area contributed by atoms with Crippen LogP contribution >= 0.6 is 0 Å². The summed E-state index contributed by atoms with van der Waals surface area (Å²) in [5.41, 5.74) is 2.49. The van der Waals surface area contributed by atoms with Crippen molar-refractivity contribution in [2.75, 3.05) is 25.5 Å². The molecule has 0 spiro atoms. The number of aromatic nitrogens is 1. The van der Waals surface area contributed by atoms with E-state index in [1.807, 2.05) is 13.2 Å². The fraction of sp³-hybridized carbons (Fsp3) is 0.583. The molecule has 88 valence electrons. The number of β-amino-alcohol motifs (C(OH)–C–C–N with tert-alkyl or cyclic N) is 1. The van der Waals surface area contributed by atoms with Gasteiger partial charge in [0.1, 0.15) is 5.82 Å². The summed E-state index contributed by atoms with van der Waals surface area (Å²) in [6.45, 7) is 4.75. The lowest BCUT2D eigenvalue weighted by molar-refractivity contribution is 0.174. The molecule has 0 aliphatic carbocycles. The first kappa shape index (κ1) is 11.4. The highest BCUT2D eigenvalue weighted by Crippen LogP contribution is 2.17. The first-order chi connectivity index (χ1) is 7.69. The molecule has 0 amide bonds. The average Bonchev–Trinajstić information content (AvgIpc) is 2.67. The maximum absolute atomic E-state index is 9.48. The SMILES string of the molecule is CNc1cc(CN2CCC(O)C2)c(C)cn1. The number of nitrogens with zero attached hydrogens (tertiary/aromatic N) is 2. The zero-order valence-corrected chi connectivity index (χ0v) is 9.90. The maximum atomic E-state index is 9.48. The second-order valence-electron chi connectivity index (χ2n) is 4.42. The van der Waals surface area contributed by atoms with Gasteiger partial charge in [0.25, 0.3) is 0 Å². The molecule has 1 aromatic heterocycles. The predicted molar refractivity (Wildman–Crippen MR) is 64.4 cm³/mol. The molecule has 2 rings (SSSR count). The van der Waals surface area contributed by atoms with Gasteiger partial charge in [-0.25, -0.2) is 4.98 Å². The lowest BCUT2D eigenvalue weighted by atomic mass is 10.1. The number of aliphatic hydroxyl groups excluding tert-OH is 1. The van der Waals surface area contributed by atoms with E-state index in [1.165, 1.54) is 11.1 Å². The van der Waals surface area contributed by atoms with Crippen molar-refractivity contribution in [1.29, 1.82) is 0 Å². The third kappa shape index (κ3) is 2.51. The van der Waals surface area contributed by atoms with Crippen LogP contribution in [0.2, 0.25) is 0 Å². The van der Waals surface area contributed by atoms with Gasteiger partial charge in [0.05, 0.1) is 6.10 Å². The molecular formula is C12H19N3O. The van der Waals surface area contributed by atoms with Gasteiger partial charge in [-0.2, -0.15) is 0 Å². The Kier molecular flexibility index (Phi) is 3.41. The second kappa shape index (κ2) is 4.80. The van der Waals surface area contributed by atoms with Crippen molar-refractivity contribution in [2.45, 2.75) is 26.0 Å². The third-order valence-electron chi connectivity index (χ3n) is 3.11. The Balaban J connectivity index is 2.08. The summed E-state index contributed by atoms with van der Waals surface area (Å²) >= 11 is 0. The monoisotopic (exact) mass is 221 g/mol. The summed E-state index contributed by atoms with van der Waals surface area (Å²) < 4.78 is 0. The van der Waals surface area contributed by atoms with E-state index in [2.05, 4.69) is 28.2 Å². The minimum atomic E-state index is -0.147. The van der Waals surface area contributed by atoms with E-state index in [1.54, 1.807) is 0 Å². The van der Waals surface area contributed by atoms with Crippen molar-refractivity contribution in [3.63, 3.8) is 0 Å². The molecule has 1 aliphatic rings. The van der Waals surface area contributed by atoms with Gasteiger partial charge >= 0.3 is 0 Å². The fourth-order valence-corrected chi connectivity index (χ4v) is 2.07. The van der Waals surface area contributed by atoms with Crippen LogP contribution in [0.4, 0.5) is 5.82 Å². The zero-order chi connectivity index (χ0) is 11.5. The molecule has 0 radical (unpaired) electrons. The number of nitrogens with one attached hydrogen (secondary N) is 1. The van der Waals surface area contributed by atoms with Crippen LogP contribution in [0.1, 0.15) is 17.5 Å². The van der Waals surface area contributed by atoms with Gasteiger partial charge in [0.15, 0.2) is 0 Å². The zero-order valence-electron chi connectivity index (χ0n) is 9.90. The Morgan fingerprint density at radius 1 is 1.62 bits per heavy atom. The third-order valence-corrected chi connectivity index (χ3v) is 3.11. The van der Waals surface area contributed by atoms with Gasteiger partial charge in [-0.15, -0.1) is 0 Å². The van der Waals surface area contributed by atoms with E-state index in [9.17, 15) is 5.11 Å². The van der Waals surface area contributed by atoms with E-state index in [0.717, 1.165) is 31.9 Å². The van der Waals surface area contributed by atoms with Gasteiger partial charge in [-0.05, 0) is 30.5 Å². The van der Waals surface area contributed by atoms with Crippen LogP contribution in [0.25, 0.3) is 0 Å². The van der Waals surface area contributed by atoms with E-state index < -0.39 is 0 Å². The summed E-state index contributed by atoms with van der Waals surface area (Å²) in [4.78, 5) is 6.55. The van der Waals surface area contributed by atoms with Crippen LogP contribution in [0, 0.1) is 6.92 Å². The number of rotatable bonds is 3. The Hall–Kier alpha value is -1.13. The molecule has 1 unspecified atom stereocenters. The van der Waals surface area contributed by atoms with Gasteiger partial charge < -0.3 is 10.4 Å². The van der Waals surface area contributed by atoms with Crippen molar-refractivity contribution in [2.24, 2.45) is 0 Å². The molecule has 16 heavy (non-hydrogen) atoms. The standard InChI is InChI=1S/C12H19N3O/c1-9-6-14-12(13-2)5-10(9)7-15-4-3-11(16)8-15/h5-6,11,16H,3-4,7-8H2,1-2H3,(H,13,14). The van der Waals surface area contributed by atoms with Crippen molar-refractivity contribution in [3.05, 3.63) is 23.4 Å². The van der Waals surface area contributed by atoms with E-state index in [0.29, 0.717) is 0 Å². The number of aryl methyl sites for hydroxylation is 1. The van der Waals surface area contributed by atoms with Crippen LogP contribution in [-0.2, 0) is 6.54 Å². The van der Waals surface area contributed by atoms with Gasteiger partial charge in [-0.3, -0.25) is 4.90 Å². The quantitative estimate of drug-likeness (QED) is 0.799. The first-order valence-corrected chi connectivity index (χ1v) is 5.72. The van der Waals surface area contributed by atoms with E-state index in [-0.39, 0.29) is 6.10 Å². The highest BCUT2D eigenvalue weighted by Gasteiger charge is 2.20. The molecule has 0 aromatic carbocycles. The summed E-state index contributed by atoms with van der Waals surface area (Å²) in [5, 5.41) is 12.5. The summed E-state index contributed by atoms with van der Waals surface area (Å²) in [7, 11) is 1.88. The summed E-state index contributed by atoms with van der Waals surface area (Å²) in [6, 6.07) is 2.08. The Labute approximate surface area is 96.3 Å². The second-order valence-corrected chi connectivity index (χ2v) is 4.42. The molecule has 4 heteroatoms. The molecule has 2 heterocycles. The van der Waals surface area contributed by atoms with Crippen LogP contribution < -0.4 is 5.32 Å². The molecule has 1 fully saturated rings. The predicted octanol–water partition coefficient (Wildman–Crippen LogP) is 0.998. The smallest absolute Gasteiger partial charge is 0.125 e. The molecule has 0 bridgehead atoms. The Bertz CT molecular complexity index is 367. The van der Waals surface area contributed by atoms with E-state index in [4.69, 9.17) is 0 Å². The lowest BCUT2D eigenvalue weighted by Gasteiger charge is -2.17. The Morgan fingerprint density at radius 3 is 3.06 bits per heavy atom. The van der Waals surface area contributed by atoms with Crippen LogP contribution in [0.3, 0.4) is 0 Å². The number of pyridine rings is 1. The van der Waals surface area contributed by atoms with Crippen LogP contribution in [0.5, 0.6) is 0 Å². The summed E-state index contributed by atoms with van der Waals surface area (Å²) in [5.74, 6) is 0.903. The Morgan fingerprint density at radius 2 is 2.44 bits per heavy atom. The molecular weight excluding hydrogens is 202 g/mol. The van der Waals surface area contributed by atoms with Crippen molar-refractivity contribution in [3.8, 4) is 0 Å². The van der Waals surface area contributed by atoms with Gasteiger partial charge in [-0.1, -0.05) is 0 Å². The van der Waals surface area contributed by atoms with Crippen molar-refractivity contribution in [1.82, 2.24) is 9.88 Å². The van der Waals surface area contributed by atoms with Gasteiger partial charge in [0.2, 0.25) is 0 Å². The van der Waals surface area contributed by atoms with E-state index >= 15 is 0 Å². The number of likely N-dealkylation sites (tertiary alicyclic amines) is 1. The van der Waals surface area contributed by atoms with Crippen molar-refractivity contribution < 1.29 is 5.11 Å². The minimum absolute atomic E-state index is 0.147. The first-order valence-electron chi connectivity index (χ1n) is 5.72. The minimum Gasteiger partial charge on any atom is -0.392 e. The fourth-order valence-electron chi connectivity index (χ4n) is 2.07. The highest BCUT2D eigenvalue weighted by molar-refractivity contribution is 5.40. The molecule has 1 aliphatic heterocycles. The average molecular weight is 221 g/mol. The van der Waals surface area contributed by atoms with Crippen LogP contribution in [0.15, 0.2) is 12.3 Å². The topological polar surface area (TPSA) is 48.4 Å². The summed E-state index contributed by atoms with van der Waals surface area (Å²) in [6.07, 6.45) is 2.64. The number of aliphatic hydroxyl groups is 1. The molecule has 1 atom stereocenters. The maximum Gasteiger partial charge on any atom is 0.125 e. The number of hydrogen-bond acceptors (Lipinski definition) is 4. The number of anilines is 1. The highest BCUT2D eigenvalue weighted by atomic mass is 16.3. The lowest BCUT2D eigenvalue weighted by Crippen LogP contribution is -2.22. The van der Waals surface area contributed by atoms with Crippen molar-refractivity contribution >= 4 is 5.82 Å². The molecule has 1 aromatic rings. The number of hydrogen-bond donors (Lipinski definition) is 2. The largest absolute Gasteiger partial charge is 0.392 e. The normalized spacial score (nSPS) is 21.3. The van der Waals surface area contributed by atoms with Gasteiger partial charge in [0, 0.05) is 32.9 Å².